The summed E-state index contributed by atoms with van der Waals surface area (Å²) in [5.41, 5.74) is 2.25. The Bertz CT molecular complexity index is 528. The lowest BCUT2D eigenvalue weighted by atomic mass is 10.1. The highest BCUT2D eigenvalue weighted by atomic mass is 16.5. The van der Waals surface area contributed by atoms with Crippen LogP contribution in [0.15, 0.2) is 54.6 Å². The van der Waals surface area contributed by atoms with E-state index in [9.17, 15) is 5.11 Å². The molecular weight excluding hydrogens is 262 g/mol. The van der Waals surface area contributed by atoms with E-state index in [2.05, 4.69) is 24.4 Å². The number of benzene rings is 2. The lowest BCUT2D eigenvalue weighted by Crippen LogP contribution is -2.24. The molecule has 3 heteroatoms. The van der Waals surface area contributed by atoms with Crippen molar-refractivity contribution in [2.45, 2.75) is 25.9 Å². The second-order valence-electron chi connectivity index (χ2n) is 5.02. The van der Waals surface area contributed by atoms with E-state index in [1.54, 1.807) is 0 Å². The molecule has 112 valence electrons. The van der Waals surface area contributed by atoms with Gasteiger partial charge >= 0.3 is 0 Å². The second-order valence-corrected chi connectivity index (χ2v) is 5.02. The van der Waals surface area contributed by atoms with Gasteiger partial charge in [0.25, 0.3) is 0 Å². The average molecular weight is 285 g/mol. The van der Waals surface area contributed by atoms with Gasteiger partial charge < -0.3 is 15.2 Å². The zero-order valence-electron chi connectivity index (χ0n) is 12.5. The fourth-order valence-electron chi connectivity index (χ4n) is 2.17. The molecule has 3 nitrogen and oxygen atoms in total. The van der Waals surface area contributed by atoms with E-state index in [1.807, 2.05) is 42.5 Å². The Kier molecular flexibility index (Phi) is 6.25. The van der Waals surface area contributed by atoms with Crippen LogP contribution >= 0.6 is 0 Å². The van der Waals surface area contributed by atoms with E-state index in [-0.39, 0.29) is 12.6 Å². The quantitative estimate of drug-likeness (QED) is 0.782. The maximum absolute atomic E-state index is 9.62. The van der Waals surface area contributed by atoms with Crippen LogP contribution in [0.1, 0.15) is 30.5 Å². The Hall–Kier alpha value is -1.84. The minimum absolute atomic E-state index is 0.0596. The highest BCUT2D eigenvalue weighted by Crippen LogP contribution is 2.20. The monoisotopic (exact) mass is 285 g/mol. The molecule has 0 heterocycles. The van der Waals surface area contributed by atoms with Crippen molar-refractivity contribution in [3.05, 3.63) is 65.7 Å². The Morgan fingerprint density at radius 2 is 1.90 bits per heavy atom. The van der Waals surface area contributed by atoms with Crippen LogP contribution in [-0.4, -0.2) is 18.3 Å². The minimum Gasteiger partial charge on any atom is -0.494 e. The molecule has 0 spiro atoms. The van der Waals surface area contributed by atoms with E-state index in [1.165, 1.54) is 5.56 Å². The third kappa shape index (κ3) is 4.88. The smallest absolute Gasteiger partial charge is 0.119 e. The Morgan fingerprint density at radius 3 is 2.62 bits per heavy atom. The molecule has 0 aromatic heterocycles. The number of nitrogens with one attached hydrogen (secondary N) is 1. The molecule has 0 saturated heterocycles. The topological polar surface area (TPSA) is 41.5 Å². The molecule has 0 radical (unpaired) electrons. The molecule has 0 aliphatic carbocycles. The lowest BCUT2D eigenvalue weighted by Gasteiger charge is -2.18. The van der Waals surface area contributed by atoms with Crippen LogP contribution < -0.4 is 10.1 Å². The summed E-state index contributed by atoms with van der Waals surface area (Å²) in [5.74, 6) is 0.856. The van der Waals surface area contributed by atoms with Crippen LogP contribution in [0.4, 0.5) is 0 Å². The van der Waals surface area contributed by atoms with Crippen molar-refractivity contribution >= 4 is 0 Å². The van der Waals surface area contributed by atoms with E-state index < -0.39 is 0 Å². The van der Waals surface area contributed by atoms with Crippen LogP contribution in [0.2, 0.25) is 0 Å². The van der Waals surface area contributed by atoms with Gasteiger partial charge in [0.05, 0.1) is 19.3 Å². The molecule has 2 aromatic carbocycles. The standard InChI is InChI=1S/C18H23NO2/c1-2-11-21-17-10-6-9-16(12-17)18(14-20)19-13-15-7-4-3-5-8-15/h3-10,12,18-20H,2,11,13-14H2,1H3. The van der Waals surface area contributed by atoms with Crippen molar-refractivity contribution in [1.82, 2.24) is 5.32 Å². The molecule has 2 N–H and O–H groups in total. The van der Waals surface area contributed by atoms with Gasteiger partial charge in [0.15, 0.2) is 0 Å². The number of aliphatic hydroxyl groups excluding tert-OH is 1. The first-order valence-electron chi connectivity index (χ1n) is 7.44. The number of hydrogen-bond donors (Lipinski definition) is 2. The zero-order chi connectivity index (χ0) is 14.9. The summed E-state index contributed by atoms with van der Waals surface area (Å²) in [6, 6.07) is 18.0. The van der Waals surface area contributed by atoms with Crippen molar-refractivity contribution in [3.8, 4) is 5.75 Å². The third-order valence-electron chi connectivity index (χ3n) is 3.31. The second kappa shape index (κ2) is 8.45. The molecule has 1 atom stereocenters. The molecule has 0 bridgehead atoms. The lowest BCUT2D eigenvalue weighted by molar-refractivity contribution is 0.243. The minimum atomic E-state index is -0.0876. The van der Waals surface area contributed by atoms with Gasteiger partial charge in [-0.15, -0.1) is 0 Å². The summed E-state index contributed by atoms with van der Waals surface area (Å²) in [4.78, 5) is 0. The van der Waals surface area contributed by atoms with Crippen LogP contribution in [0.3, 0.4) is 0 Å². The van der Waals surface area contributed by atoms with E-state index in [0.717, 1.165) is 24.3 Å². The van der Waals surface area contributed by atoms with Gasteiger partial charge in [-0.05, 0) is 29.7 Å². The van der Waals surface area contributed by atoms with Crippen LogP contribution in [0.25, 0.3) is 0 Å². The molecule has 0 saturated carbocycles. The number of rotatable bonds is 8. The normalized spacial score (nSPS) is 12.1. The van der Waals surface area contributed by atoms with E-state index >= 15 is 0 Å². The predicted molar refractivity (Wildman–Crippen MR) is 85.3 cm³/mol. The SMILES string of the molecule is CCCOc1cccc(C(CO)NCc2ccccc2)c1. The van der Waals surface area contributed by atoms with Gasteiger partial charge in [0.2, 0.25) is 0 Å². The van der Waals surface area contributed by atoms with Gasteiger partial charge in [0.1, 0.15) is 5.75 Å². The summed E-state index contributed by atoms with van der Waals surface area (Å²) >= 11 is 0. The Morgan fingerprint density at radius 1 is 1.10 bits per heavy atom. The average Bonchev–Trinajstić information content (AvgIpc) is 2.55. The van der Waals surface area contributed by atoms with Crippen LogP contribution in [-0.2, 0) is 6.54 Å². The predicted octanol–water partition coefficient (Wildman–Crippen LogP) is 3.30. The van der Waals surface area contributed by atoms with Gasteiger partial charge in [0, 0.05) is 6.54 Å². The molecule has 2 rings (SSSR count). The van der Waals surface area contributed by atoms with Gasteiger partial charge in [-0.25, -0.2) is 0 Å². The van der Waals surface area contributed by atoms with Crippen molar-refractivity contribution in [3.63, 3.8) is 0 Å². The molecule has 21 heavy (non-hydrogen) atoms. The maximum atomic E-state index is 9.62. The Labute approximate surface area is 126 Å². The highest BCUT2D eigenvalue weighted by molar-refractivity contribution is 5.31. The van der Waals surface area contributed by atoms with Gasteiger partial charge in [-0.2, -0.15) is 0 Å². The number of aliphatic hydroxyl groups is 1. The van der Waals surface area contributed by atoms with Crippen LogP contribution in [0, 0.1) is 0 Å². The van der Waals surface area contributed by atoms with Gasteiger partial charge in [-0.1, -0.05) is 49.4 Å². The first kappa shape index (κ1) is 15.5. The number of hydrogen-bond acceptors (Lipinski definition) is 3. The van der Waals surface area contributed by atoms with Crippen molar-refractivity contribution in [1.29, 1.82) is 0 Å². The third-order valence-corrected chi connectivity index (χ3v) is 3.31. The molecule has 0 fully saturated rings. The fraction of sp³-hybridized carbons (Fsp3) is 0.333. The first-order chi connectivity index (χ1) is 10.3. The molecule has 0 amide bonds. The molecule has 1 unspecified atom stereocenters. The highest BCUT2D eigenvalue weighted by Gasteiger charge is 2.10. The van der Waals surface area contributed by atoms with Crippen molar-refractivity contribution < 1.29 is 9.84 Å². The van der Waals surface area contributed by atoms with Crippen molar-refractivity contribution in [2.75, 3.05) is 13.2 Å². The molecule has 0 aliphatic heterocycles. The van der Waals surface area contributed by atoms with Crippen LogP contribution in [0.5, 0.6) is 5.75 Å². The Balaban J connectivity index is 1.99. The molecule has 0 aliphatic rings. The zero-order valence-corrected chi connectivity index (χ0v) is 12.5. The van der Waals surface area contributed by atoms with Crippen molar-refractivity contribution in [2.24, 2.45) is 0 Å². The summed E-state index contributed by atoms with van der Waals surface area (Å²) in [6.45, 7) is 3.59. The fourth-order valence-corrected chi connectivity index (χ4v) is 2.17. The van der Waals surface area contributed by atoms with E-state index in [4.69, 9.17) is 4.74 Å². The molecular formula is C18H23NO2. The maximum Gasteiger partial charge on any atom is 0.119 e. The van der Waals surface area contributed by atoms with E-state index in [0.29, 0.717) is 6.61 Å². The molecule has 2 aromatic rings. The summed E-state index contributed by atoms with van der Waals surface area (Å²) in [7, 11) is 0. The summed E-state index contributed by atoms with van der Waals surface area (Å²) in [5, 5.41) is 13.0. The van der Waals surface area contributed by atoms with Gasteiger partial charge in [-0.3, -0.25) is 0 Å². The number of ether oxygens (including phenoxy) is 1. The first-order valence-corrected chi connectivity index (χ1v) is 7.44. The summed E-state index contributed by atoms with van der Waals surface area (Å²) in [6.07, 6.45) is 0.986. The largest absolute Gasteiger partial charge is 0.494 e. The summed E-state index contributed by atoms with van der Waals surface area (Å²) < 4.78 is 5.64.